The minimum Gasteiger partial charge on any atom is -0.460 e. The number of nitrogens with two attached hydrogens (primary N) is 1. The summed E-state index contributed by atoms with van der Waals surface area (Å²) in [7, 11) is 0. The fourth-order valence-corrected chi connectivity index (χ4v) is 4.61. The standard InChI is InChI=1S/C20H27N5O7/c1-9(26)28-18(27)14-12-13(32-20(2,3)31-12)17(30-14)25-8-22-11-15(21)23-19(24-16(11)25)29-10-6-4-5-7-10/h8,10,12-14,17-18,27H,4-7H2,1-3H3,(H2,21,23,24)/t12-,13+,14-,17+,18?/m0/s1. The number of imidazole rings is 1. The first-order chi connectivity index (χ1) is 15.2. The minimum atomic E-state index is -1.53. The van der Waals surface area contributed by atoms with E-state index in [4.69, 9.17) is 29.4 Å². The highest BCUT2D eigenvalue weighted by atomic mass is 16.8. The van der Waals surface area contributed by atoms with E-state index >= 15 is 0 Å². The predicted octanol–water partition coefficient (Wildman–Crippen LogP) is 1.03. The Morgan fingerprint density at radius 1 is 1.28 bits per heavy atom. The van der Waals surface area contributed by atoms with Crippen LogP contribution in [0.25, 0.3) is 11.2 Å². The summed E-state index contributed by atoms with van der Waals surface area (Å²) in [6, 6.07) is 0.179. The molecule has 2 aliphatic heterocycles. The van der Waals surface area contributed by atoms with Crippen molar-refractivity contribution in [3.8, 4) is 6.01 Å². The molecule has 3 aliphatic rings. The van der Waals surface area contributed by atoms with E-state index in [1.54, 1.807) is 18.4 Å². The second-order valence-electron chi connectivity index (χ2n) is 8.80. The minimum absolute atomic E-state index is 0.0611. The summed E-state index contributed by atoms with van der Waals surface area (Å²) in [4.78, 5) is 24.5. The second kappa shape index (κ2) is 7.80. The summed E-state index contributed by atoms with van der Waals surface area (Å²) >= 11 is 0. The number of nitrogen functional groups attached to an aromatic ring is 1. The van der Waals surface area contributed by atoms with E-state index in [1.165, 1.54) is 13.3 Å². The van der Waals surface area contributed by atoms with Crippen molar-refractivity contribution < 1.29 is 33.6 Å². The molecule has 1 unspecified atom stereocenters. The Morgan fingerprint density at radius 2 is 2.00 bits per heavy atom. The van der Waals surface area contributed by atoms with Gasteiger partial charge in [0, 0.05) is 6.92 Å². The van der Waals surface area contributed by atoms with Crippen LogP contribution in [-0.2, 0) is 23.7 Å². The number of nitrogens with zero attached hydrogens (tertiary/aromatic N) is 4. The lowest BCUT2D eigenvalue weighted by molar-refractivity contribution is -0.236. The first-order valence-electron chi connectivity index (χ1n) is 10.7. The SMILES string of the molecule is CC(=O)OC(O)[C@H]1O[C@@H](n2cnc3c(N)nc(OC4CCCC4)nc32)[C@@H]2OC(C)(C)O[C@@H]21. The van der Waals surface area contributed by atoms with E-state index < -0.39 is 42.6 Å². The van der Waals surface area contributed by atoms with Gasteiger partial charge in [-0.2, -0.15) is 9.97 Å². The van der Waals surface area contributed by atoms with Gasteiger partial charge in [0.2, 0.25) is 6.29 Å². The van der Waals surface area contributed by atoms with E-state index in [0.717, 1.165) is 25.7 Å². The van der Waals surface area contributed by atoms with Crippen molar-refractivity contribution in [3.05, 3.63) is 6.33 Å². The van der Waals surface area contributed by atoms with Crippen LogP contribution in [0, 0.1) is 0 Å². The molecule has 5 atom stereocenters. The number of anilines is 1. The third kappa shape index (κ3) is 3.76. The van der Waals surface area contributed by atoms with Gasteiger partial charge in [-0.15, -0.1) is 0 Å². The fraction of sp³-hybridized carbons (Fsp3) is 0.700. The smallest absolute Gasteiger partial charge is 0.320 e. The zero-order valence-electron chi connectivity index (χ0n) is 18.1. The highest BCUT2D eigenvalue weighted by Gasteiger charge is 2.58. The molecule has 0 radical (unpaired) electrons. The van der Waals surface area contributed by atoms with E-state index in [0.29, 0.717) is 11.2 Å². The maximum absolute atomic E-state index is 11.4. The number of carbonyl (C=O) groups excluding carboxylic acids is 1. The second-order valence-corrected chi connectivity index (χ2v) is 8.80. The number of aromatic nitrogens is 4. The third-order valence-corrected chi connectivity index (χ3v) is 5.91. The van der Waals surface area contributed by atoms with Crippen LogP contribution in [0.3, 0.4) is 0 Å². The molecule has 0 bridgehead atoms. The number of aliphatic hydroxyl groups excluding tert-OH is 1. The van der Waals surface area contributed by atoms with Gasteiger partial charge in [-0.05, 0) is 39.5 Å². The van der Waals surface area contributed by atoms with E-state index in [9.17, 15) is 9.90 Å². The summed E-state index contributed by atoms with van der Waals surface area (Å²) in [5, 5.41) is 10.4. The Hall–Kier alpha value is -2.54. The van der Waals surface area contributed by atoms with Crippen LogP contribution < -0.4 is 10.5 Å². The van der Waals surface area contributed by atoms with Crippen molar-refractivity contribution in [1.29, 1.82) is 0 Å². The van der Waals surface area contributed by atoms with Gasteiger partial charge >= 0.3 is 12.0 Å². The molecule has 3 fully saturated rings. The van der Waals surface area contributed by atoms with Gasteiger partial charge < -0.3 is 34.5 Å². The average molecular weight is 449 g/mol. The largest absolute Gasteiger partial charge is 0.460 e. The zero-order chi connectivity index (χ0) is 22.6. The van der Waals surface area contributed by atoms with Crippen LogP contribution in [0.2, 0.25) is 0 Å². The summed E-state index contributed by atoms with van der Waals surface area (Å²) in [5.74, 6) is -1.37. The van der Waals surface area contributed by atoms with Gasteiger partial charge in [-0.1, -0.05) is 0 Å². The molecule has 4 heterocycles. The molecule has 2 aromatic rings. The topological polar surface area (TPSA) is 153 Å². The Balaban J connectivity index is 1.49. The third-order valence-electron chi connectivity index (χ3n) is 5.91. The van der Waals surface area contributed by atoms with Crippen molar-refractivity contribution in [2.75, 3.05) is 5.73 Å². The summed E-state index contributed by atoms with van der Waals surface area (Å²) in [5.41, 5.74) is 6.92. The van der Waals surface area contributed by atoms with Crippen molar-refractivity contribution in [2.45, 2.75) is 89.2 Å². The lowest BCUT2D eigenvalue weighted by Gasteiger charge is -2.26. The number of aliphatic hydroxyl groups is 1. The van der Waals surface area contributed by atoms with Crippen LogP contribution >= 0.6 is 0 Å². The highest BCUT2D eigenvalue weighted by molar-refractivity contribution is 5.82. The zero-order valence-corrected chi connectivity index (χ0v) is 18.1. The van der Waals surface area contributed by atoms with Gasteiger partial charge in [0.05, 0.1) is 6.33 Å². The molecule has 0 aromatic carbocycles. The van der Waals surface area contributed by atoms with Crippen LogP contribution in [0.1, 0.15) is 52.7 Å². The molecule has 32 heavy (non-hydrogen) atoms. The molecule has 12 nitrogen and oxygen atoms in total. The molecule has 1 saturated carbocycles. The van der Waals surface area contributed by atoms with Crippen molar-refractivity contribution in [1.82, 2.24) is 19.5 Å². The number of ether oxygens (including phenoxy) is 5. The maximum atomic E-state index is 11.4. The Labute approximate surface area is 184 Å². The fourth-order valence-electron chi connectivity index (χ4n) is 4.61. The van der Waals surface area contributed by atoms with Gasteiger partial charge in [0.1, 0.15) is 18.3 Å². The monoisotopic (exact) mass is 449 g/mol. The number of fused-ring (bicyclic) bond motifs is 2. The van der Waals surface area contributed by atoms with Crippen molar-refractivity contribution >= 4 is 23.0 Å². The Bertz CT molecular complexity index is 1020. The molecule has 174 valence electrons. The van der Waals surface area contributed by atoms with E-state index in [-0.39, 0.29) is 17.9 Å². The predicted molar refractivity (Wildman–Crippen MR) is 108 cm³/mol. The molecular weight excluding hydrogens is 422 g/mol. The number of carbonyl (C=O) groups is 1. The van der Waals surface area contributed by atoms with Gasteiger partial charge in [-0.25, -0.2) is 4.98 Å². The molecule has 0 amide bonds. The van der Waals surface area contributed by atoms with Crippen LogP contribution in [0.4, 0.5) is 5.82 Å². The lowest BCUT2D eigenvalue weighted by Crippen LogP contribution is -2.40. The Kier molecular flexibility index (Phi) is 5.19. The molecular formula is C20H27N5O7. The summed E-state index contributed by atoms with van der Waals surface area (Å²) in [6.07, 6.45) is 1.13. The molecule has 5 rings (SSSR count). The van der Waals surface area contributed by atoms with Gasteiger partial charge in [0.15, 0.2) is 35.1 Å². The van der Waals surface area contributed by atoms with Crippen LogP contribution in [0.15, 0.2) is 6.33 Å². The Morgan fingerprint density at radius 3 is 2.72 bits per heavy atom. The summed E-state index contributed by atoms with van der Waals surface area (Å²) < 4.78 is 30.6. The molecule has 2 aromatic heterocycles. The van der Waals surface area contributed by atoms with Crippen molar-refractivity contribution in [3.63, 3.8) is 0 Å². The highest BCUT2D eigenvalue weighted by Crippen LogP contribution is 2.45. The van der Waals surface area contributed by atoms with Gasteiger partial charge in [0.25, 0.3) is 0 Å². The molecule has 0 spiro atoms. The first-order valence-corrected chi connectivity index (χ1v) is 10.7. The van der Waals surface area contributed by atoms with Crippen molar-refractivity contribution in [2.24, 2.45) is 0 Å². The van der Waals surface area contributed by atoms with Crippen LogP contribution in [0.5, 0.6) is 6.01 Å². The number of esters is 1. The quantitative estimate of drug-likeness (QED) is 0.497. The van der Waals surface area contributed by atoms with Crippen LogP contribution in [-0.4, -0.2) is 67.1 Å². The first kappa shape index (κ1) is 21.3. The number of rotatable bonds is 5. The lowest BCUT2D eigenvalue weighted by atomic mass is 10.1. The normalized spacial score (nSPS) is 30.5. The van der Waals surface area contributed by atoms with E-state index in [1.807, 2.05) is 0 Å². The van der Waals surface area contributed by atoms with Gasteiger partial charge in [-0.3, -0.25) is 9.36 Å². The van der Waals surface area contributed by atoms with E-state index in [2.05, 4.69) is 15.0 Å². The molecule has 3 N–H and O–H groups in total. The maximum Gasteiger partial charge on any atom is 0.320 e. The molecule has 2 saturated heterocycles. The average Bonchev–Trinajstić information content (AvgIpc) is 3.45. The molecule has 12 heteroatoms. The summed E-state index contributed by atoms with van der Waals surface area (Å²) in [6.45, 7) is 4.73. The number of hydrogen-bond donors (Lipinski definition) is 2. The number of hydrogen-bond acceptors (Lipinski definition) is 11. The molecule has 1 aliphatic carbocycles.